The van der Waals surface area contributed by atoms with Gasteiger partial charge in [0.1, 0.15) is 6.07 Å². The minimum atomic E-state index is -0.293. The van der Waals surface area contributed by atoms with Crippen LogP contribution in [-0.2, 0) is 6.42 Å². The topological polar surface area (TPSA) is 93.4 Å². The molecule has 0 saturated carbocycles. The van der Waals surface area contributed by atoms with Gasteiger partial charge in [0, 0.05) is 44.4 Å². The number of carbonyl (C=O) groups is 1. The number of nitrogens with one attached hydrogen (secondary N) is 1. The van der Waals surface area contributed by atoms with Crippen LogP contribution >= 0.6 is 0 Å². The number of nitriles is 1. The quantitative estimate of drug-likeness (QED) is 0.749. The molecule has 2 heterocycles. The van der Waals surface area contributed by atoms with Crippen LogP contribution in [0.3, 0.4) is 0 Å². The highest BCUT2D eigenvalue weighted by atomic mass is 16.5. The number of hydrogen-bond donors (Lipinski definition) is 1. The van der Waals surface area contributed by atoms with E-state index in [2.05, 4.69) is 28.2 Å². The van der Waals surface area contributed by atoms with E-state index in [9.17, 15) is 10.1 Å². The van der Waals surface area contributed by atoms with E-state index in [1.165, 1.54) is 5.01 Å². The van der Waals surface area contributed by atoms with Gasteiger partial charge in [0.15, 0.2) is 11.5 Å². The molecule has 1 saturated heterocycles. The molecule has 2 amide bonds. The number of piperazine rings is 1. The van der Waals surface area contributed by atoms with Crippen molar-refractivity contribution in [1.82, 2.24) is 15.2 Å². The van der Waals surface area contributed by atoms with Gasteiger partial charge in [-0.2, -0.15) is 10.4 Å². The molecule has 9 heteroatoms. The number of amides is 2. The van der Waals surface area contributed by atoms with Crippen LogP contribution in [0.2, 0.25) is 0 Å². The second-order valence-corrected chi connectivity index (χ2v) is 8.38. The van der Waals surface area contributed by atoms with E-state index in [1.54, 1.807) is 21.3 Å². The zero-order valence-electron chi connectivity index (χ0n) is 20.1. The highest BCUT2D eigenvalue weighted by Crippen LogP contribution is 2.34. The van der Waals surface area contributed by atoms with Crippen LogP contribution in [0.25, 0.3) is 0 Å². The van der Waals surface area contributed by atoms with Crippen molar-refractivity contribution in [2.45, 2.75) is 6.42 Å². The molecule has 2 aromatic rings. The van der Waals surface area contributed by atoms with Gasteiger partial charge in [-0.3, -0.25) is 0 Å². The number of carbonyl (C=O) groups excluding carboxylic acids is 1. The summed E-state index contributed by atoms with van der Waals surface area (Å²) in [5.41, 5.74) is 4.72. The summed E-state index contributed by atoms with van der Waals surface area (Å²) in [7, 11) is 6.88. The maximum Gasteiger partial charge on any atom is 0.337 e. The third kappa shape index (κ3) is 4.50. The van der Waals surface area contributed by atoms with E-state index in [1.807, 2.05) is 30.3 Å². The van der Waals surface area contributed by atoms with Gasteiger partial charge in [-0.05, 0) is 43.3 Å². The standard InChI is InChI=1S/C25H30N6O3/c1-27-25(32)31-8-7-17-14-22(33-3)23(34-4)15-20(17)24(28-31)18-5-6-21(19(13-18)16-26)30-11-9-29(2)10-12-30/h5-6,13-15H,7-12H2,1-4H3,(H,27,32). The molecule has 9 nitrogen and oxygen atoms in total. The summed E-state index contributed by atoms with van der Waals surface area (Å²) in [6.07, 6.45) is 0.598. The minimum absolute atomic E-state index is 0.293. The predicted molar refractivity (Wildman–Crippen MR) is 131 cm³/mol. The first-order valence-electron chi connectivity index (χ1n) is 11.3. The van der Waals surface area contributed by atoms with Crippen LogP contribution in [0, 0.1) is 11.3 Å². The Hall–Kier alpha value is -3.77. The maximum absolute atomic E-state index is 12.5. The Morgan fingerprint density at radius 2 is 1.76 bits per heavy atom. The molecular weight excluding hydrogens is 432 g/mol. The molecule has 0 spiro atoms. The molecule has 1 N–H and O–H groups in total. The van der Waals surface area contributed by atoms with Crippen molar-refractivity contribution in [3.63, 3.8) is 0 Å². The van der Waals surface area contributed by atoms with Crippen molar-refractivity contribution in [1.29, 1.82) is 5.26 Å². The number of hydrazone groups is 1. The number of methoxy groups -OCH3 is 2. The highest BCUT2D eigenvalue weighted by Gasteiger charge is 2.25. The molecule has 0 bridgehead atoms. The Bertz CT molecular complexity index is 1150. The molecule has 0 aromatic heterocycles. The Morgan fingerprint density at radius 1 is 1.06 bits per heavy atom. The maximum atomic E-state index is 12.5. The molecule has 1 fully saturated rings. The average Bonchev–Trinajstić information content (AvgIpc) is 3.06. The fourth-order valence-electron chi connectivity index (χ4n) is 4.38. The lowest BCUT2D eigenvalue weighted by Gasteiger charge is -2.34. The summed E-state index contributed by atoms with van der Waals surface area (Å²) in [5.74, 6) is 1.20. The van der Waals surface area contributed by atoms with Crippen molar-refractivity contribution in [3.05, 3.63) is 52.6 Å². The van der Waals surface area contributed by atoms with E-state index < -0.39 is 0 Å². The van der Waals surface area contributed by atoms with Gasteiger partial charge in [0.2, 0.25) is 0 Å². The van der Waals surface area contributed by atoms with E-state index in [0.717, 1.165) is 48.6 Å². The first-order chi connectivity index (χ1) is 16.5. The van der Waals surface area contributed by atoms with Crippen LogP contribution < -0.4 is 19.7 Å². The summed E-state index contributed by atoms with van der Waals surface area (Å²) in [6.45, 7) is 4.06. The Kier molecular flexibility index (Phi) is 6.89. The second-order valence-electron chi connectivity index (χ2n) is 8.38. The Morgan fingerprint density at radius 3 is 2.41 bits per heavy atom. The molecule has 4 rings (SSSR count). The summed E-state index contributed by atoms with van der Waals surface area (Å²) in [5, 5.41) is 18.8. The SMILES string of the molecule is CNC(=O)N1CCc2cc(OC)c(OC)cc2C(c2ccc(N3CCN(C)CC3)c(C#N)c2)=N1. The number of fused-ring (bicyclic) bond motifs is 1. The van der Waals surface area contributed by atoms with E-state index in [4.69, 9.17) is 14.6 Å². The lowest BCUT2D eigenvalue weighted by Crippen LogP contribution is -2.44. The molecule has 2 aliphatic rings. The summed E-state index contributed by atoms with van der Waals surface area (Å²) < 4.78 is 11.0. The zero-order valence-corrected chi connectivity index (χ0v) is 20.1. The summed E-state index contributed by atoms with van der Waals surface area (Å²) >= 11 is 0. The van der Waals surface area contributed by atoms with Gasteiger partial charge in [0.25, 0.3) is 0 Å². The second kappa shape index (κ2) is 10.0. The Labute approximate surface area is 200 Å². The first kappa shape index (κ1) is 23.4. The summed E-state index contributed by atoms with van der Waals surface area (Å²) in [6, 6.07) is 11.7. The molecule has 0 unspecified atom stereocenters. The van der Waals surface area contributed by atoms with Crippen molar-refractivity contribution in [3.8, 4) is 17.6 Å². The van der Waals surface area contributed by atoms with Gasteiger partial charge in [0.05, 0.1) is 37.7 Å². The van der Waals surface area contributed by atoms with Crippen LogP contribution in [0.15, 0.2) is 35.4 Å². The fraction of sp³-hybridized carbons (Fsp3) is 0.400. The van der Waals surface area contributed by atoms with Gasteiger partial charge < -0.3 is 24.6 Å². The van der Waals surface area contributed by atoms with Gasteiger partial charge >= 0.3 is 6.03 Å². The van der Waals surface area contributed by atoms with Crippen LogP contribution in [0.4, 0.5) is 10.5 Å². The van der Waals surface area contributed by atoms with Crippen LogP contribution in [0.1, 0.15) is 22.3 Å². The largest absolute Gasteiger partial charge is 0.493 e. The van der Waals surface area contributed by atoms with Crippen LogP contribution in [0.5, 0.6) is 11.5 Å². The van der Waals surface area contributed by atoms with Crippen molar-refractivity contribution in [2.24, 2.45) is 5.10 Å². The number of nitrogens with zero attached hydrogens (tertiary/aromatic N) is 5. The smallest absolute Gasteiger partial charge is 0.337 e. The van der Waals surface area contributed by atoms with Crippen molar-refractivity contribution >= 4 is 17.4 Å². The van der Waals surface area contributed by atoms with E-state index >= 15 is 0 Å². The highest BCUT2D eigenvalue weighted by molar-refractivity contribution is 6.15. The molecule has 0 aliphatic carbocycles. The van der Waals surface area contributed by atoms with Gasteiger partial charge in [-0.15, -0.1) is 0 Å². The van der Waals surface area contributed by atoms with Crippen molar-refractivity contribution < 1.29 is 14.3 Å². The summed E-state index contributed by atoms with van der Waals surface area (Å²) in [4.78, 5) is 17.0. The average molecular weight is 463 g/mol. The number of likely N-dealkylation sites (N-methyl/N-ethyl adjacent to an activating group) is 1. The number of benzene rings is 2. The monoisotopic (exact) mass is 462 g/mol. The van der Waals surface area contributed by atoms with Crippen molar-refractivity contribution in [2.75, 3.05) is 65.9 Å². The Balaban J connectivity index is 1.82. The number of hydrogen-bond acceptors (Lipinski definition) is 7. The fourth-order valence-corrected chi connectivity index (χ4v) is 4.38. The third-order valence-electron chi connectivity index (χ3n) is 6.36. The normalized spacial score (nSPS) is 16.1. The van der Waals surface area contributed by atoms with Gasteiger partial charge in [-0.1, -0.05) is 6.07 Å². The number of urea groups is 1. The number of anilines is 1. The molecular formula is C25H30N6O3. The lowest BCUT2D eigenvalue weighted by molar-refractivity contribution is 0.203. The van der Waals surface area contributed by atoms with E-state index in [0.29, 0.717) is 35.7 Å². The molecule has 2 aliphatic heterocycles. The number of rotatable bonds is 4. The first-order valence-corrected chi connectivity index (χ1v) is 11.3. The van der Waals surface area contributed by atoms with Crippen LogP contribution in [-0.4, -0.2) is 82.7 Å². The van der Waals surface area contributed by atoms with Gasteiger partial charge in [-0.25, -0.2) is 9.80 Å². The zero-order chi connectivity index (χ0) is 24.2. The molecule has 0 atom stereocenters. The lowest BCUT2D eigenvalue weighted by atomic mass is 9.94. The van der Waals surface area contributed by atoms with E-state index in [-0.39, 0.29) is 6.03 Å². The molecule has 178 valence electrons. The predicted octanol–water partition coefficient (Wildman–Crippen LogP) is 2.28. The minimum Gasteiger partial charge on any atom is -0.493 e. The molecule has 0 radical (unpaired) electrons. The number of ether oxygens (including phenoxy) is 2. The molecule has 34 heavy (non-hydrogen) atoms. The molecule has 2 aromatic carbocycles. The third-order valence-corrected chi connectivity index (χ3v) is 6.36.